The number of hydrogen-bond donors (Lipinski definition) is 1. The van der Waals surface area contributed by atoms with Crippen LogP contribution >= 0.6 is 11.3 Å². The first kappa shape index (κ1) is 16.8. The maximum atomic E-state index is 12.3. The highest BCUT2D eigenvalue weighted by Crippen LogP contribution is 2.34. The molecule has 1 amide bonds. The van der Waals surface area contributed by atoms with Gasteiger partial charge in [0.25, 0.3) is 11.6 Å². The summed E-state index contributed by atoms with van der Waals surface area (Å²) in [5, 5.41) is 15.8. The zero-order valence-electron chi connectivity index (χ0n) is 12.9. The second-order valence-electron chi connectivity index (χ2n) is 4.69. The molecule has 0 unspecified atom stereocenters. The zero-order valence-corrected chi connectivity index (χ0v) is 13.7. The minimum Gasteiger partial charge on any atom is -0.493 e. The predicted molar refractivity (Wildman–Crippen MR) is 86.4 cm³/mol. The molecule has 0 spiro atoms. The molecule has 1 heterocycles. The number of ether oxygens (including phenoxy) is 2. The van der Waals surface area contributed by atoms with Gasteiger partial charge in [-0.15, -0.1) is 11.3 Å². The molecule has 0 radical (unpaired) electrons. The smallest absolute Gasteiger partial charge is 0.286 e. The Kier molecular flexibility index (Phi) is 5.17. The molecule has 0 bridgehead atoms. The second kappa shape index (κ2) is 7.10. The monoisotopic (exact) mass is 336 g/mol. The van der Waals surface area contributed by atoms with E-state index in [0.29, 0.717) is 6.54 Å². The quantitative estimate of drug-likeness (QED) is 0.647. The fourth-order valence-corrected chi connectivity index (χ4v) is 2.89. The van der Waals surface area contributed by atoms with Crippen molar-refractivity contribution in [3.63, 3.8) is 0 Å². The number of nitro groups is 1. The molecule has 7 nitrogen and oxygen atoms in total. The van der Waals surface area contributed by atoms with E-state index in [2.05, 4.69) is 5.32 Å². The Morgan fingerprint density at radius 3 is 2.48 bits per heavy atom. The second-order valence-corrected chi connectivity index (χ2v) is 5.69. The van der Waals surface area contributed by atoms with E-state index in [9.17, 15) is 14.9 Å². The average molecular weight is 336 g/mol. The number of methoxy groups -OCH3 is 2. The van der Waals surface area contributed by atoms with Gasteiger partial charge in [-0.1, -0.05) is 0 Å². The zero-order chi connectivity index (χ0) is 17.0. The van der Waals surface area contributed by atoms with Crippen molar-refractivity contribution in [2.75, 3.05) is 14.2 Å². The number of rotatable bonds is 6. The summed E-state index contributed by atoms with van der Waals surface area (Å²) in [6.45, 7) is 2.25. The van der Waals surface area contributed by atoms with Crippen molar-refractivity contribution in [3.8, 4) is 11.5 Å². The first-order chi connectivity index (χ1) is 11.0. The molecule has 23 heavy (non-hydrogen) atoms. The number of aryl methyl sites for hydroxylation is 1. The van der Waals surface area contributed by atoms with Gasteiger partial charge in [-0.05, 0) is 23.9 Å². The Morgan fingerprint density at radius 2 is 1.96 bits per heavy atom. The normalized spacial score (nSPS) is 10.2. The maximum Gasteiger partial charge on any atom is 0.286 e. The van der Waals surface area contributed by atoms with E-state index in [1.807, 2.05) is 18.4 Å². The Morgan fingerprint density at radius 1 is 1.30 bits per heavy atom. The van der Waals surface area contributed by atoms with Gasteiger partial charge in [-0.2, -0.15) is 0 Å². The number of carbonyl (C=O) groups is 1. The van der Waals surface area contributed by atoms with E-state index in [-0.39, 0.29) is 22.7 Å². The standard InChI is InChI=1S/C15H16N2O5S/c1-9-4-5-23-14(9)8-16-15(18)10-6-12(21-2)13(22-3)7-11(10)17(19)20/h4-7H,8H2,1-3H3,(H,16,18). The third-order valence-electron chi connectivity index (χ3n) is 3.32. The van der Waals surface area contributed by atoms with Crippen LogP contribution in [0.5, 0.6) is 11.5 Å². The summed E-state index contributed by atoms with van der Waals surface area (Å²) < 4.78 is 10.1. The largest absolute Gasteiger partial charge is 0.493 e. The van der Waals surface area contributed by atoms with E-state index in [1.165, 1.54) is 37.7 Å². The maximum absolute atomic E-state index is 12.3. The first-order valence-electron chi connectivity index (χ1n) is 6.69. The number of nitrogens with one attached hydrogen (secondary N) is 1. The number of carbonyl (C=O) groups excluding carboxylic acids is 1. The molecule has 0 fully saturated rings. The van der Waals surface area contributed by atoms with Crippen molar-refractivity contribution < 1.29 is 19.2 Å². The highest BCUT2D eigenvalue weighted by atomic mass is 32.1. The van der Waals surface area contributed by atoms with E-state index in [4.69, 9.17) is 9.47 Å². The highest BCUT2D eigenvalue weighted by Gasteiger charge is 2.24. The van der Waals surface area contributed by atoms with E-state index >= 15 is 0 Å². The molecular formula is C15H16N2O5S. The SMILES string of the molecule is COc1cc(C(=O)NCc2sccc2C)c([N+](=O)[O-])cc1OC. The molecule has 0 saturated carbocycles. The summed E-state index contributed by atoms with van der Waals surface area (Å²) in [7, 11) is 2.78. The summed E-state index contributed by atoms with van der Waals surface area (Å²) in [6.07, 6.45) is 0. The number of amides is 1. The fraction of sp³-hybridized carbons (Fsp3) is 0.267. The Balaban J connectivity index is 2.30. The molecule has 0 aliphatic rings. The van der Waals surface area contributed by atoms with Gasteiger partial charge < -0.3 is 14.8 Å². The molecule has 0 aliphatic carbocycles. The van der Waals surface area contributed by atoms with Crippen molar-refractivity contribution in [2.45, 2.75) is 13.5 Å². The van der Waals surface area contributed by atoms with Gasteiger partial charge in [0.2, 0.25) is 0 Å². The topological polar surface area (TPSA) is 90.7 Å². The third-order valence-corrected chi connectivity index (χ3v) is 4.34. The lowest BCUT2D eigenvalue weighted by atomic mass is 10.1. The molecule has 0 atom stereocenters. The molecule has 1 aromatic carbocycles. The van der Waals surface area contributed by atoms with E-state index < -0.39 is 10.8 Å². The van der Waals surface area contributed by atoms with E-state index in [1.54, 1.807) is 0 Å². The van der Waals surface area contributed by atoms with Crippen LogP contribution in [0.25, 0.3) is 0 Å². The Bertz CT molecular complexity index is 741. The summed E-state index contributed by atoms with van der Waals surface area (Å²) >= 11 is 1.52. The van der Waals surface area contributed by atoms with Gasteiger partial charge in [-0.3, -0.25) is 14.9 Å². The molecule has 8 heteroatoms. The summed E-state index contributed by atoms with van der Waals surface area (Å²) in [5.74, 6) is -0.0779. The predicted octanol–water partition coefficient (Wildman–Crippen LogP) is 2.91. The van der Waals surface area contributed by atoms with Crippen molar-refractivity contribution in [2.24, 2.45) is 0 Å². The van der Waals surface area contributed by atoms with Crippen molar-refractivity contribution >= 4 is 22.9 Å². The van der Waals surface area contributed by atoms with Crippen LogP contribution in [0.1, 0.15) is 20.8 Å². The van der Waals surface area contributed by atoms with Gasteiger partial charge in [0.05, 0.1) is 31.8 Å². The van der Waals surface area contributed by atoms with Crippen LogP contribution in [0.2, 0.25) is 0 Å². The van der Waals surface area contributed by atoms with Crippen LogP contribution < -0.4 is 14.8 Å². The number of nitrogens with zero attached hydrogens (tertiary/aromatic N) is 1. The summed E-state index contributed by atoms with van der Waals surface area (Å²) in [4.78, 5) is 23.9. The van der Waals surface area contributed by atoms with Gasteiger partial charge in [-0.25, -0.2) is 0 Å². The summed E-state index contributed by atoms with van der Waals surface area (Å²) in [5.41, 5.74) is 0.669. The minimum atomic E-state index is -0.618. The van der Waals surface area contributed by atoms with Crippen LogP contribution in [0.4, 0.5) is 5.69 Å². The lowest BCUT2D eigenvalue weighted by Crippen LogP contribution is -2.23. The molecule has 122 valence electrons. The molecule has 0 aliphatic heterocycles. The van der Waals surface area contributed by atoms with Crippen molar-refractivity contribution in [3.05, 3.63) is 49.7 Å². The fourth-order valence-electron chi connectivity index (χ4n) is 2.04. The van der Waals surface area contributed by atoms with Crippen LogP contribution in [0.3, 0.4) is 0 Å². The average Bonchev–Trinajstić information content (AvgIpc) is 2.96. The van der Waals surface area contributed by atoms with Gasteiger partial charge in [0.1, 0.15) is 5.56 Å². The van der Waals surface area contributed by atoms with Crippen LogP contribution in [0.15, 0.2) is 23.6 Å². The molecule has 2 aromatic rings. The molecule has 1 N–H and O–H groups in total. The van der Waals surface area contributed by atoms with Gasteiger partial charge in [0, 0.05) is 10.9 Å². The van der Waals surface area contributed by atoms with Crippen LogP contribution in [0, 0.1) is 17.0 Å². The number of nitro benzene ring substituents is 1. The van der Waals surface area contributed by atoms with Crippen LogP contribution in [-0.2, 0) is 6.54 Å². The third kappa shape index (κ3) is 3.59. The van der Waals surface area contributed by atoms with Crippen molar-refractivity contribution in [1.29, 1.82) is 0 Å². The number of hydrogen-bond acceptors (Lipinski definition) is 6. The molecule has 2 rings (SSSR count). The Labute approximate surface area is 137 Å². The van der Waals surface area contributed by atoms with Gasteiger partial charge >= 0.3 is 0 Å². The lowest BCUT2D eigenvalue weighted by molar-refractivity contribution is -0.385. The Hall–Kier alpha value is -2.61. The lowest BCUT2D eigenvalue weighted by Gasteiger charge is -2.11. The van der Waals surface area contributed by atoms with Crippen molar-refractivity contribution in [1.82, 2.24) is 5.32 Å². The van der Waals surface area contributed by atoms with Crippen LogP contribution in [-0.4, -0.2) is 25.1 Å². The highest BCUT2D eigenvalue weighted by molar-refractivity contribution is 7.10. The minimum absolute atomic E-state index is 0.0677. The molecule has 1 aromatic heterocycles. The molecule has 0 saturated heterocycles. The van der Waals surface area contributed by atoms with Gasteiger partial charge in [0.15, 0.2) is 11.5 Å². The first-order valence-corrected chi connectivity index (χ1v) is 7.57. The number of benzene rings is 1. The number of thiophene rings is 1. The van der Waals surface area contributed by atoms with E-state index in [0.717, 1.165) is 10.4 Å². The summed E-state index contributed by atoms with van der Waals surface area (Å²) in [6, 6.07) is 4.45. The molecular weight excluding hydrogens is 320 g/mol.